The van der Waals surface area contributed by atoms with Gasteiger partial charge in [0, 0.05) is 43.3 Å². The van der Waals surface area contributed by atoms with E-state index < -0.39 is 0 Å². The maximum Gasteiger partial charge on any atom is 0.108 e. The van der Waals surface area contributed by atoms with Gasteiger partial charge in [0.15, 0.2) is 0 Å². The van der Waals surface area contributed by atoms with E-state index in [4.69, 9.17) is 15.2 Å². The fourth-order valence-corrected chi connectivity index (χ4v) is 9.19. The van der Waals surface area contributed by atoms with Crippen LogP contribution in [-0.4, -0.2) is 20.4 Å². The van der Waals surface area contributed by atoms with E-state index in [2.05, 4.69) is 165 Å². The number of pyridine rings is 1. The molecule has 6 aromatic carbocycles. The van der Waals surface area contributed by atoms with Crippen molar-refractivity contribution in [2.75, 3.05) is 0 Å². The van der Waals surface area contributed by atoms with E-state index in [1.807, 2.05) is 11.3 Å². The molecule has 3 aromatic heterocycles. The van der Waals surface area contributed by atoms with Crippen molar-refractivity contribution in [1.29, 1.82) is 0 Å². The standard InChI is InChI=1S/C47H32N4S/c1-28-29(2)45(48-38-27-32-19-9-10-21-34(32)41(28)38)44-46(36-22-12-11-20-33(36)30-15-5-3-6-16-30)49-51-50-47(44)43-35(31-17-7-4-8-18-31)25-26-40-42(43)37-23-13-14-24-39(37)52-40/h3-26H,27H2,1-2H3. The lowest BCUT2D eigenvalue weighted by Gasteiger charge is -2.21. The van der Waals surface area contributed by atoms with Crippen LogP contribution in [-0.2, 0) is 6.42 Å². The molecule has 246 valence electrons. The monoisotopic (exact) mass is 684 g/mol. The molecule has 10 rings (SSSR count). The summed E-state index contributed by atoms with van der Waals surface area (Å²) in [4.78, 5) is 5.60. The predicted octanol–water partition coefficient (Wildman–Crippen LogP) is 12.2. The molecule has 4 nitrogen and oxygen atoms in total. The van der Waals surface area contributed by atoms with Gasteiger partial charge in [-0.15, -0.1) is 21.5 Å². The Morgan fingerprint density at radius 2 is 1.10 bits per heavy atom. The van der Waals surface area contributed by atoms with Crippen LogP contribution in [0, 0.1) is 13.8 Å². The lowest BCUT2D eigenvalue weighted by Crippen LogP contribution is -2.06. The molecule has 3 heterocycles. The minimum atomic E-state index is 0.769. The second kappa shape index (κ2) is 12.2. The number of aromatic nitrogens is 4. The van der Waals surface area contributed by atoms with Crippen LogP contribution in [0.25, 0.3) is 87.3 Å². The van der Waals surface area contributed by atoms with Crippen molar-refractivity contribution in [3.63, 3.8) is 0 Å². The highest BCUT2D eigenvalue weighted by Crippen LogP contribution is 2.50. The van der Waals surface area contributed by atoms with Crippen molar-refractivity contribution < 1.29 is 0 Å². The van der Waals surface area contributed by atoms with Gasteiger partial charge in [0.25, 0.3) is 0 Å². The van der Waals surface area contributed by atoms with Crippen LogP contribution in [0.15, 0.2) is 146 Å². The lowest BCUT2D eigenvalue weighted by atomic mass is 9.86. The maximum absolute atomic E-state index is 5.60. The summed E-state index contributed by atoms with van der Waals surface area (Å²) in [5, 5.41) is 17.0. The van der Waals surface area contributed by atoms with Gasteiger partial charge >= 0.3 is 0 Å². The van der Waals surface area contributed by atoms with E-state index in [0.717, 1.165) is 73.7 Å². The summed E-state index contributed by atoms with van der Waals surface area (Å²) in [6, 6.07) is 51.5. The van der Waals surface area contributed by atoms with Gasteiger partial charge in [-0.2, -0.15) is 0 Å². The number of rotatable bonds is 5. The molecule has 1 aliphatic rings. The van der Waals surface area contributed by atoms with E-state index in [1.54, 1.807) is 0 Å². The molecule has 0 spiro atoms. The van der Waals surface area contributed by atoms with Crippen molar-refractivity contribution in [2.45, 2.75) is 20.3 Å². The highest BCUT2D eigenvalue weighted by Gasteiger charge is 2.30. The van der Waals surface area contributed by atoms with Crippen LogP contribution in [0.1, 0.15) is 22.4 Å². The zero-order valence-electron chi connectivity index (χ0n) is 28.8. The number of benzene rings is 6. The SMILES string of the molecule is Cc1c(-c2c(-c3ccccc3-c3ccccc3)nnnc2-c2c(-c3ccccc3)ccc3sc4ccccc4c23)nc2c(c1C)-c1ccccc1C2. The third-order valence-corrected chi connectivity index (χ3v) is 11.7. The molecule has 0 radical (unpaired) electrons. The van der Waals surface area contributed by atoms with Gasteiger partial charge in [-0.05, 0) is 75.7 Å². The first kappa shape index (κ1) is 30.5. The van der Waals surface area contributed by atoms with Crippen LogP contribution in [0.2, 0.25) is 0 Å². The van der Waals surface area contributed by atoms with Crippen LogP contribution < -0.4 is 0 Å². The molecular weight excluding hydrogens is 653 g/mol. The molecule has 0 fully saturated rings. The molecule has 52 heavy (non-hydrogen) atoms. The second-order valence-corrected chi connectivity index (χ2v) is 14.5. The zero-order chi connectivity index (χ0) is 34.8. The number of nitrogens with zero attached hydrogens (tertiary/aromatic N) is 4. The summed E-state index contributed by atoms with van der Waals surface area (Å²) in [5.41, 5.74) is 17.1. The molecule has 0 atom stereocenters. The summed E-state index contributed by atoms with van der Waals surface area (Å²) in [5.74, 6) is 0. The van der Waals surface area contributed by atoms with Gasteiger partial charge in [0.2, 0.25) is 0 Å². The molecule has 0 unspecified atom stereocenters. The smallest absolute Gasteiger partial charge is 0.108 e. The fraction of sp³-hybridized carbons (Fsp3) is 0.0638. The first-order chi connectivity index (χ1) is 25.7. The molecular formula is C47H32N4S. The Morgan fingerprint density at radius 3 is 1.88 bits per heavy atom. The fourth-order valence-electron chi connectivity index (χ4n) is 8.08. The normalized spacial score (nSPS) is 12.0. The average Bonchev–Trinajstić information content (AvgIpc) is 3.78. The Bertz CT molecular complexity index is 2840. The number of hydrogen-bond donors (Lipinski definition) is 0. The van der Waals surface area contributed by atoms with Gasteiger partial charge < -0.3 is 0 Å². The van der Waals surface area contributed by atoms with Crippen molar-refractivity contribution in [3.8, 4) is 67.2 Å². The molecule has 0 saturated carbocycles. The topological polar surface area (TPSA) is 51.6 Å². The van der Waals surface area contributed by atoms with Crippen molar-refractivity contribution >= 4 is 31.5 Å². The van der Waals surface area contributed by atoms with E-state index in [0.29, 0.717) is 0 Å². The van der Waals surface area contributed by atoms with Crippen LogP contribution in [0.4, 0.5) is 0 Å². The van der Waals surface area contributed by atoms with Crippen LogP contribution >= 0.6 is 11.3 Å². The average molecular weight is 685 g/mol. The number of thiophene rings is 1. The summed E-state index contributed by atoms with van der Waals surface area (Å²) in [6.07, 6.45) is 0.789. The van der Waals surface area contributed by atoms with Crippen molar-refractivity contribution in [1.82, 2.24) is 20.4 Å². The summed E-state index contributed by atoms with van der Waals surface area (Å²) in [6.45, 7) is 4.44. The summed E-state index contributed by atoms with van der Waals surface area (Å²) in [7, 11) is 0. The van der Waals surface area contributed by atoms with Crippen LogP contribution in [0.3, 0.4) is 0 Å². The highest BCUT2D eigenvalue weighted by molar-refractivity contribution is 7.26. The summed E-state index contributed by atoms with van der Waals surface area (Å²) < 4.78 is 2.44. The third kappa shape index (κ3) is 4.74. The Balaban J connectivity index is 1.36. The maximum atomic E-state index is 5.60. The van der Waals surface area contributed by atoms with Crippen molar-refractivity contribution in [3.05, 3.63) is 168 Å². The highest BCUT2D eigenvalue weighted by atomic mass is 32.1. The molecule has 1 aliphatic carbocycles. The van der Waals surface area contributed by atoms with Gasteiger partial charge in [-0.3, -0.25) is 4.98 Å². The van der Waals surface area contributed by atoms with E-state index >= 15 is 0 Å². The molecule has 0 bridgehead atoms. The first-order valence-electron chi connectivity index (χ1n) is 17.6. The lowest BCUT2D eigenvalue weighted by molar-refractivity contribution is 0.877. The molecule has 5 heteroatoms. The Labute approximate surface area is 306 Å². The summed E-state index contributed by atoms with van der Waals surface area (Å²) >= 11 is 1.81. The molecule has 9 aromatic rings. The minimum Gasteiger partial charge on any atom is -0.251 e. The molecule has 0 saturated heterocycles. The Hall–Kier alpha value is -6.30. The number of fused-ring (bicyclic) bond motifs is 6. The first-order valence-corrected chi connectivity index (χ1v) is 18.4. The van der Waals surface area contributed by atoms with Gasteiger partial charge in [-0.1, -0.05) is 133 Å². The molecule has 0 aliphatic heterocycles. The number of hydrogen-bond acceptors (Lipinski definition) is 5. The molecule has 0 amide bonds. The third-order valence-electron chi connectivity index (χ3n) is 10.6. The molecule has 0 N–H and O–H groups in total. The van der Waals surface area contributed by atoms with E-state index in [-0.39, 0.29) is 0 Å². The Morgan fingerprint density at radius 1 is 0.462 bits per heavy atom. The predicted molar refractivity (Wildman–Crippen MR) is 215 cm³/mol. The van der Waals surface area contributed by atoms with Gasteiger partial charge in [0.1, 0.15) is 11.4 Å². The van der Waals surface area contributed by atoms with Gasteiger partial charge in [-0.25, -0.2) is 0 Å². The van der Waals surface area contributed by atoms with Gasteiger partial charge in [0.05, 0.1) is 17.0 Å². The quantitative estimate of drug-likeness (QED) is 0.181. The van der Waals surface area contributed by atoms with Crippen LogP contribution in [0.5, 0.6) is 0 Å². The second-order valence-electron chi connectivity index (χ2n) is 13.5. The van der Waals surface area contributed by atoms with E-state index in [9.17, 15) is 0 Å². The van der Waals surface area contributed by atoms with Crippen molar-refractivity contribution in [2.24, 2.45) is 0 Å². The Kier molecular flexibility index (Phi) is 7.15. The minimum absolute atomic E-state index is 0.769. The zero-order valence-corrected chi connectivity index (χ0v) is 29.6. The van der Waals surface area contributed by atoms with E-state index in [1.165, 1.54) is 42.4 Å². The largest absolute Gasteiger partial charge is 0.251 e.